The number of rotatable bonds is 12. The standard InChI is InChI=1S/C50H52N12O4/c1-31(63)43-21-59(55-51-43)39-13-5-35(6-14-39)47-25-48(36-7-15-40(16-8-36)60-22-44(32(2)64)52-56-60)28-49(26-47,37-9-17-41(18-10-37)61-23-45(33(3)65)53-57-61)30-50(27-47,29-48)38-11-19-42(20-12-38)62-24-46(34(4)66)54-58-62/h5-24,31-34,63-66H,25-30H2,1-4H3/t31-,32-,33-,34-,47?,48?,49?,50?/m1/s1. The quantitative estimate of drug-likeness (QED) is 0.102. The highest BCUT2D eigenvalue weighted by Crippen LogP contribution is 2.74. The highest BCUT2D eigenvalue weighted by atomic mass is 16.3. The van der Waals surface area contributed by atoms with Gasteiger partial charge in [-0.05, 0) is 159 Å². The van der Waals surface area contributed by atoms with Gasteiger partial charge in [-0.3, -0.25) is 0 Å². The summed E-state index contributed by atoms with van der Waals surface area (Å²) in [6.45, 7) is 6.75. The number of aliphatic hydroxyl groups is 4. The van der Waals surface area contributed by atoms with Crippen molar-refractivity contribution < 1.29 is 20.4 Å². The van der Waals surface area contributed by atoms with Crippen molar-refractivity contribution in [1.29, 1.82) is 0 Å². The summed E-state index contributed by atoms with van der Waals surface area (Å²) < 4.78 is 6.88. The lowest BCUT2D eigenvalue weighted by Crippen LogP contribution is -2.67. The van der Waals surface area contributed by atoms with Crippen molar-refractivity contribution >= 4 is 0 Å². The van der Waals surface area contributed by atoms with Gasteiger partial charge in [0.15, 0.2) is 0 Å². The van der Waals surface area contributed by atoms with Gasteiger partial charge in [0.1, 0.15) is 22.8 Å². The molecule has 0 spiro atoms. The van der Waals surface area contributed by atoms with Crippen molar-refractivity contribution in [3.05, 3.63) is 167 Å². The van der Waals surface area contributed by atoms with Crippen LogP contribution >= 0.6 is 0 Å². The SMILES string of the molecule is C[C@@H](O)c1cn(-c2ccc(C34CC5(c6ccc(-n7cc([C@@H](C)O)nn7)cc6)CC(c6ccc(-n7cc([C@@H](C)O)nn7)cc6)(C3)CC(c3ccc(-n6cc([C@@H](C)O)nn6)cc3)(C4)C5)cc2)nn1. The number of aliphatic hydroxyl groups excluding tert-OH is 4. The van der Waals surface area contributed by atoms with E-state index in [0.29, 0.717) is 22.8 Å². The van der Waals surface area contributed by atoms with Crippen molar-refractivity contribution in [1.82, 2.24) is 60.0 Å². The molecule has 0 unspecified atom stereocenters. The van der Waals surface area contributed by atoms with Crippen LogP contribution < -0.4 is 0 Å². The molecule has 0 amide bonds. The first-order valence-electron chi connectivity index (χ1n) is 22.6. The molecule has 0 saturated heterocycles. The summed E-state index contributed by atoms with van der Waals surface area (Å²) in [7, 11) is 0. The molecule has 8 aromatic rings. The first-order chi connectivity index (χ1) is 31.7. The summed E-state index contributed by atoms with van der Waals surface area (Å²) in [5, 5.41) is 74.9. The van der Waals surface area contributed by atoms with E-state index in [1.165, 1.54) is 22.3 Å². The van der Waals surface area contributed by atoms with Gasteiger partial charge < -0.3 is 20.4 Å². The number of benzene rings is 4. The molecule has 4 N–H and O–H groups in total. The normalized spacial score (nSPS) is 25.2. The summed E-state index contributed by atoms with van der Waals surface area (Å²) in [6, 6.07) is 35.2. The third kappa shape index (κ3) is 6.98. The van der Waals surface area contributed by atoms with E-state index >= 15 is 0 Å². The minimum atomic E-state index is -0.723. The summed E-state index contributed by atoms with van der Waals surface area (Å²) in [5.74, 6) is 0. The van der Waals surface area contributed by atoms with E-state index in [0.717, 1.165) is 61.3 Å². The van der Waals surface area contributed by atoms with Crippen LogP contribution in [0.1, 0.15) is 136 Å². The van der Waals surface area contributed by atoms with Gasteiger partial charge in [0.25, 0.3) is 0 Å². The first-order valence-corrected chi connectivity index (χ1v) is 22.6. The molecule has 16 heteroatoms. The highest BCUT2D eigenvalue weighted by molar-refractivity contribution is 5.53. The Hall–Kier alpha value is -6.72. The Balaban J connectivity index is 1.06. The molecular formula is C50H52N12O4. The van der Waals surface area contributed by atoms with Crippen LogP contribution in [-0.4, -0.2) is 80.4 Å². The molecule has 4 fully saturated rings. The molecule has 12 rings (SSSR count). The van der Waals surface area contributed by atoms with Gasteiger partial charge in [-0.1, -0.05) is 69.4 Å². The molecule has 4 aliphatic carbocycles. The third-order valence-electron chi connectivity index (χ3n) is 14.8. The van der Waals surface area contributed by atoms with Crippen LogP contribution in [0, 0.1) is 0 Å². The van der Waals surface area contributed by atoms with Gasteiger partial charge in [-0.25, -0.2) is 18.7 Å². The average molecular weight is 885 g/mol. The molecule has 4 aromatic carbocycles. The Labute approximate surface area is 381 Å². The van der Waals surface area contributed by atoms with Crippen molar-refractivity contribution in [3.8, 4) is 22.7 Å². The van der Waals surface area contributed by atoms with Crippen LogP contribution in [0.2, 0.25) is 0 Å². The Morgan fingerprint density at radius 1 is 0.333 bits per heavy atom. The molecule has 4 heterocycles. The van der Waals surface area contributed by atoms with Gasteiger partial charge in [-0.15, -0.1) is 20.4 Å². The summed E-state index contributed by atoms with van der Waals surface area (Å²) in [4.78, 5) is 0. The maximum Gasteiger partial charge on any atom is 0.111 e. The van der Waals surface area contributed by atoms with Crippen LogP contribution in [0.15, 0.2) is 122 Å². The molecule has 4 aromatic heterocycles. The number of hydrogen-bond acceptors (Lipinski definition) is 12. The zero-order valence-corrected chi connectivity index (χ0v) is 37.3. The predicted molar refractivity (Wildman–Crippen MR) is 242 cm³/mol. The fourth-order valence-corrected chi connectivity index (χ4v) is 12.1. The minimum Gasteiger partial charge on any atom is -0.387 e. The monoisotopic (exact) mass is 884 g/mol. The van der Waals surface area contributed by atoms with Crippen molar-refractivity contribution in [3.63, 3.8) is 0 Å². The Bertz CT molecular complexity index is 2570. The second-order valence-corrected chi connectivity index (χ2v) is 19.4. The molecule has 4 saturated carbocycles. The van der Waals surface area contributed by atoms with Crippen molar-refractivity contribution in [2.75, 3.05) is 0 Å². The molecule has 336 valence electrons. The fraction of sp³-hybridized carbons (Fsp3) is 0.360. The zero-order valence-electron chi connectivity index (χ0n) is 37.3. The Morgan fingerprint density at radius 3 is 0.667 bits per heavy atom. The molecule has 0 radical (unpaired) electrons. The van der Waals surface area contributed by atoms with E-state index < -0.39 is 24.4 Å². The van der Waals surface area contributed by atoms with Gasteiger partial charge in [-0.2, -0.15) is 0 Å². The van der Waals surface area contributed by atoms with Gasteiger partial charge in [0.2, 0.25) is 0 Å². The second-order valence-electron chi connectivity index (χ2n) is 19.4. The molecule has 16 nitrogen and oxygen atoms in total. The van der Waals surface area contributed by atoms with Gasteiger partial charge in [0.05, 0.1) is 72.0 Å². The summed E-state index contributed by atoms with van der Waals surface area (Å²) in [6.07, 6.45) is 9.92. The third-order valence-corrected chi connectivity index (χ3v) is 14.8. The summed E-state index contributed by atoms with van der Waals surface area (Å²) in [5.41, 5.74) is 9.66. The van der Waals surface area contributed by atoms with E-state index in [1.807, 2.05) is 0 Å². The van der Waals surface area contributed by atoms with Crippen molar-refractivity contribution in [2.24, 2.45) is 0 Å². The van der Waals surface area contributed by atoms with Crippen molar-refractivity contribution in [2.45, 2.75) is 112 Å². The van der Waals surface area contributed by atoms with Crippen LogP contribution in [0.3, 0.4) is 0 Å². The lowest BCUT2D eigenvalue weighted by Gasteiger charge is -2.71. The van der Waals surface area contributed by atoms with Gasteiger partial charge in [0, 0.05) is 0 Å². The van der Waals surface area contributed by atoms with Gasteiger partial charge >= 0.3 is 0 Å². The Morgan fingerprint density at radius 2 is 0.515 bits per heavy atom. The molecule has 4 atom stereocenters. The van der Waals surface area contributed by atoms with Crippen LogP contribution in [0.25, 0.3) is 22.7 Å². The van der Waals surface area contributed by atoms with E-state index in [-0.39, 0.29) is 21.7 Å². The number of hydrogen-bond donors (Lipinski definition) is 4. The highest BCUT2D eigenvalue weighted by Gasteiger charge is 2.69. The van der Waals surface area contributed by atoms with E-state index in [2.05, 4.69) is 138 Å². The lowest BCUT2D eigenvalue weighted by atomic mass is 9.32. The Kier molecular flexibility index (Phi) is 9.81. The van der Waals surface area contributed by atoms with E-state index in [9.17, 15) is 20.4 Å². The molecule has 4 bridgehead atoms. The zero-order chi connectivity index (χ0) is 45.6. The number of aromatic nitrogens is 12. The molecule has 0 aliphatic heterocycles. The molecular weight excluding hydrogens is 833 g/mol. The van der Waals surface area contributed by atoms with Crippen LogP contribution in [0.4, 0.5) is 0 Å². The summed E-state index contributed by atoms with van der Waals surface area (Å²) >= 11 is 0. The predicted octanol–water partition coefficient (Wildman–Crippen LogP) is 6.66. The van der Waals surface area contributed by atoms with Crippen LogP contribution in [0.5, 0.6) is 0 Å². The van der Waals surface area contributed by atoms with Crippen LogP contribution in [-0.2, 0) is 21.7 Å². The molecule has 4 aliphatic rings. The fourth-order valence-electron chi connectivity index (χ4n) is 12.1. The number of nitrogens with zero attached hydrogens (tertiary/aromatic N) is 12. The smallest absolute Gasteiger partial charge is 0.111 e. The maximum atomic E-state index is 10.2. The van der Waals surface area contributed by atoms with E-state index in [1.54, 1.807) is 71.2 Å². The maximum absolute atomic E-state index is 10.2. The van der Waals surface area contributed by atoms with E-state index in [4.69, 9.17) is 0 Å². The minimum absolute atomic E-state index is 0.245. The topological polar surface area (TPSA) is 204 Å². The lowest BCUT2D eigenvalue weighted by molar-refractivity contribution is -0.0691. The largest absolute Gasteiger partial charge is 0.387 e. The first kappa shape index (κ1) is 41.9. The second kappa shape index (κ2) is 15.4. The average Bonchev–Trinajstić information content (AvgIpc) is 4.17. The molecule has 66 heavy (non-hydrogen) atoms.